The average molecular weight is 208 g/mol. The minimum absolute atomic E-state index is 0.0791. The van der Waals surface area contributed by atoms with Crippen molar-refractivity contribution >= 4 is 12.1 Å². The zero-order valence-corrected chi connectivity index (χ0v) is 9.28. The lowest BCUT2D eigenvalue weighted by atomic mass is 10.1. The Balaban J connectivity index is 2.36. The average Bonchev–Trinajstić information content (AvgIpc) is 2.50. The second-order valence-electron chi connectivity index (χ2n) is 3.84. The quantitative estimate of drug-likeness (QED) is 0.608. The smallest absolute Gasteiger partial charge is 0.240 e. The fourth-order valence-electron chi connectivity index (χ4n) is 1.11. The fourth-order valence-corrected chi connectivity index (χ4v) is 1.11. The lowest BCUT2D eigenvalue weighted by molar-refractivity contribution is -0.121. The third kappa shape index (κ3) is 4.44. The Hall–Kier alpha value is -1.58. The van der Waals surface area contributed by atoms with Crippen LogP contribution in [0.4, 0.5) is 0 Å². The molecule has 82 valence electrons. The highest BCUT2D eigenvalue weighted by molar-refractivity contribution is 5.80. The Kier molecular flexibility index (Phi) is 4.09. The molecule has 0 aliphatic rings. The maximum absolute atomic E-state index is 11.2. The van der Waals surface area contributed by atoms with Gasteiger partial charge in [0.05, 0.1) is 6.21 Å². The van der Waals surface area contributed by atoms with Crippen molar-refractivity contribution in [1.82, 2.24) is 5.43 Å². The summed E-state index contributed by atoms with van der Waals surface area (Å²) in [5.74, 6) is 1.72. The normalized spacial score (nSPS) is 11.2. The number of nitrogens with one attached hydrogen (secondary N) is 1. The van der Waals surface area contributed by atoms with Crippen LogP contribution in [-0.2, 0) is 4.79 Å². The maximum atomic E-state index is 11.2. The molecule has 1 N–H and O–H groups in total. The van der Waals surface area contributed by atoms with Crippen molar-refractivity contribution < 1.29 is 9.21 Å². The van der Waals surface area contributed by atoms with E-state index in [1.165, 1.54) is 6.21 Å². The number of rotatable bonds is 4. The number of nitrogens with zero attached hydrogens (tertiary/aromatic N) is 1. The zero-order valence-electron chi connectivity index (χ0n) is 9.28. The first-order chi connectivity index (χ1) is 7.08. The monoisotopic (exact) mass is 208 g/mol. The van der Waals surface area contributed by atoms with Gasteiger partial charge < -0.3 is 4.42 Å². The predicted molar refractivity (Wildman–Crippen MR) is 58.6 cm³/mol. The number of amides is 1. The molecule has 4 heteroatoms. The first-order valence-electron chi connectivity index (χ1n) is 4.96. The predicted octanol–water partition coefficient (Wildman–Crippen LogP) is 2.08. The Bertz CT molecular complexity index is 353. The van der Waals surface area contributed by atoms with E-state index < -0.39 is 0 Å². The van der Waals surface area contributed by atoms with Gasteiger partial charge in [-0.25, -0.2) is 5.43 Å². The molecule has 0 bridgehead atoms. The highest BCUT2D eigenvalue weighted by Gasteiger charge is 2.02. The highest BCUT2D eigenvalue weighted by atomic mass is 16.3. The largest absolute Gasteiger partial charge is 0.460 e. The lowest BCUT2D eigenvalue weighted by Crippen LogP contribution is -2.18. The van der Waals surface area contributed by atoms with E-state index in [1.807, 2.05) is 26.8 Å². The summed E-state index contributed by atoms with van der Waals surface area (Å²) in [7, 11) is 0. The topological polar surface area (TPSA) is 54.6 Å². The molecule has 1 aromatic heterocycles. The van der Waals surface area contributed by atoms with E-state index in [0.717, 1.165) is 5.76 Å². The summed E-state index contributed by atoms with van der Waals surface area (Å²) in [5.41, 5.74) is 2.44. The molecule has 0 aromatic carbocycles. The summed E-state index contributed by atoms with van der Waals surface area (Å²) in [6, 6.07) is 3.64. The van der Waals surface area contributed by atoms with Crippen LogP contribution in [0.2, 0.25) is 0 Å². The summed E-state index contributed by atoms with van der Waals surface area (Å²) in [4.78, 5) is 11.2. The number of hydrogen-bond donors (Lipinski definition) is 1. The SMILES string of the molecule is Cc1ccc(C=NNC(=O)CC(C)C)o1. The summed E-state index contributed by atoms with van der Waals surface area (Å²) in [6.45, 7) is 5.83. The molecular weight excluding hydrogens is 192 g/mol. The van der Waals surface area contributed by atoms with Crippen molar-refractivity contribution in [1.29, 1.82) is 0 Å². The second kappa shape index (κ2) is 5.34. The molecule has 0 aliphatic carbocycles. The van der Waals surface area contributed by atoms with Gasteiger partial charge in [0.25, 0.3) is 0 Å². The van der Waals surface area contributed by atoms with Crippen molar-refractivity contribution in [3.63, 3.8) is 0 Å². The van der Waals surface area contributed by atoms with Crippen LogP contribution >= 0.6 is 0 Å². The van der Waals surface area contributed by atoms with Gasteiger partial charge >= 0.3 is 0 Å². The maximum Gasteiger partial charge on any atom is 0.240 e. The van der Waals surface area contributed by atoms with Gasteiger partial charge in [-0.15, -0.1) is 0 Å². The van der Waals surface area contributed by atoms with Gasteiger partial charge in [0.2, 0.25) is 5.91 Å². The van der Waals surface area contributed by atoms with Gasteiger partial charge in [-0.3, -0.25) is 4.79 Å². The van der Waals surface area contributed by atoms with Gasteiger partial charge in [-0.2, -0.15) is 5.10 Å². The Morgan fingerprint density at radius 3 is 2.87 bits per heavy atom. The fraction of sp³-hybridized carbons (Fsp3) is 0.455. The van der Waals surface area contributed by atoms with Crippen molar-refractivity contribution in [3.05, 3.63) is 23.7 Å². The van der Waals surface area contributed by atoms with Crippen LogP contribution in [0.25, 0.3) is 0 Å². The molecule has 0 fully saturated rings. The van der Waals surface area contributed by atoms with E-state index in [1.54, 1.807) is 6.07 Å². The van der Waals surface area contributed by atoms with E-state index >= 15 is 0 Å². The van der Waals surface area contributed by atoms with Crippen LogP contribution in [0, 0.1) is 12.8 Å². The molecule has 1 rings (SSSR count). The Morgan fingerprint density at radius 2 is 2.33 bits per heavy atom. The van der Waals surface area contributed by atoms with Crippen molar-refractivity contribution in [2.45, 2.75) is 27.2 Å². The standard InChI is InChI=1S/C11H16N2O2/c1-8(2)6-11(14)13-12-7-10-5-4-9(3)15-10/h4-5,7-8H,6H2,1-3H3,(H,13,14). The van der Waals surface area contributed by atoms with E-state index in [-0.39, 0.29) is 5.91 Å². The molecule has 0 spiro atoms. The molecule has 0 aliphatic heterocycles. The van der Waals surface area contributed by atoms with Crippen LogP contribution in [0.15, 0.2) is 21.7 Å². The Labute approximate surface area is 89.4 Å². The highest BCUT2D eigenvalue weighted by Crippen LogP contribution is 2.03. The van der Waals surface area contributed by atoms with E-state index in [4.69, 9.17) is 4.42 Å². The number of carbonyl (C=O) groups is 1. The number of hydrazone groups is 1. The van der Waals surface area contributed by atoms with Gasteiger partial charge in [0.1, 0.15) is 11.5 Å². The third-order valence-corrected chi connectivity index (χ3v) is 1.74. The first-order valence-corrected chi connectivity index (χ1v) is 4.96. The first kappa shape index (κ1) is 11.5. The third-order valence-electron chi connectivity index (χ3n) is 1.74. The molecule has 1 amide bonds. The van der Waals surface area contributed by atoms with Gasteiger partial charge in [0, 0.05) is 6.42 Å². The molecule has 0 atom stereocenters. The van der Waals surface area contributed by atoms with Gasteiger partial charge in [-0.05, 0) is 25.0 Å². The van der Waals surface area contributed by atoms with Crippen LogP contribution in [-0.4, -0.2) is 12.1 Å². The molecule has 0 saturated heterocycles. The van der Waals surface area contributed by atoms with Crippen molar-refractivity contribution in [3.8, 4) is 0 Å². The number of hydrogen-bond acceptors (Lipinski definition) is 3. The van der Waals surface area contributed by atoms with Crippen molar-refractivity contribution in [2.24, 2.45) is 11.0 Å². The van der Waals surface area contributed by atoms with Crippen LogP contribution in [0.3, 0.4) is 0 Å². The molecular formula is C11H16N2O2. The van der Waals surface area contributed by atoms with Crippen LogP contribution in [0.5, 0.6) is 0 Å². The summed E-state index contributed by atoms with van der Waals surface area (Å²) < 4.78 is 5.25. The lowest BCUT2D eigenvalue weighted by Gasteiger charge is -2.01. The minimum atomic E-state index is -0.0791. The number of aryl methyl sites for hydroxylation is 1. The van der Waals surface area contributed by atoms with E-state index in [2.05, 4.69) is 10.5 Å². The van der Waals surface area contributed by atoms with Gasteiger partial charge in [-0.1, -0.05) is 13.8 Å². The summed E-state index contributed by atoms with van der Waals surface area (Å²) in [6.07, 6.45) is 1.97. The molecule has 0 saturated carbocycles. The number of carbonyl (C=O) groups excluding carboxylic acids is 1. The molecule has 1 heterocycles. The molecule has 15 heavy (non-hydrogen) atoms. The molecule has 4 nitrogen and oxygen atoms in total. The molecule has 0 radical (unpaired) electrons. The molecule has 1 aromatic rings. The van der Waals surface area contributed by atoms with E-state index in [9.17, 15) is 4.79 Å². The molecule has 0 unspecified atom stereocenters. The second-order valence-corrected chi connectivity index (χ2v) is 3.84. The van der Waals surface area contributed by atoms with Crippen molar-refractivity contribution in [2.75, 3.05) is 0 Å². The zero-order chi connectivity index (χ0) is 11.3. The van der Waals surface area contributed by atoms with Gasteiger partial charge in [0.15, 0.2) is 0 Å². The summed E-state index contributed by atoms with van der Waals surface area (Å²) >= 11 is 0. The van der Waals surface area contributed by atoms with Crippen LogP contribution < -0.4 is 5.43 Å². The number of furan rings is 1. The summed E-state index contributed by atoms with van der Waals surface area (Å²) in [5, 5.41) is 3.79. The minimum Gasteiger partial charge on any atom is -0.460 e. The van der Waals surface area contributed by atoms with E-state index in [0.29, 0.717) is 18.1 Å². The van der Waals surface area contributed by atoms with Crippen LogP contribution in [0.1, 0.15) is 31.8 Å². The Morgan fingerprint density at radius 1 is 1.60 bits per heavy atom.